The predicted molar refractivity (Wildman–Crippen MR) is 169 cm³/mol. The van der Waals surface area contributed by atoms with Gasteiger partial charge in [0.2, 0.25) is 11.8 Å². The summed E-state index contributed by atoms with van der Waals surface area (Å²) < 4.78 is 19.4. The minimum absolute atomic E-state index is 0.00870. The number of hydrogen-bond acceptors (Lipinski definition) is 7. The third-order valence-corrected chi connectivity index (χ3v) is 12.3. The molecule has 3 fully saturated rings. The lowest BCUT2D eigenvalue weighted by molar-refractivity contribution is -0.123. The molecule has 0 unspecified atom stereocenters. The van der Waals surface area contributed by atoms with Crippen LogP contribution in [0.4, 0.5) is 15.8 Å². The van der Waals surface area contributed by atoms with Crippen LogP contribution in [0.15, 0.2) is 82.6 Å². The fourth-order valence-electron chi connectivity index (χ4n) is 7.99. The number of carbonyl (C=O) groups excluding carboxylic acids is 3. The summed E-state index contributed by atoms with van der Waals surface area (Å²) in [5.74, 6) is -1.55. The lowest BCUT2D eigenvalue weighted by Gasteiger charge is -2.43. The van der Waals surface area contributed by atoms with Crippen LogP contribution in [0.5, 0.6) is 5.75 Å². The Bertz CT molecular complexity index is 1890. The van der Waals surface area contributed by atoms with Gasteiger partial charge in [-0.05, 0) is 85.2 Å². The van der Waals surface area contributed by atoms with Crippen LogP contribution < -0.4 is 19.8 Å². The highest BCUT2D eigenvalue weighted by Crippen LogP contribution is 2.68. The summed E-state index contributed by atoms with van der Waals surface area (Å²) >= 11 is 2.83. The lowest BCUT2D eigenvalue weighted by atomic mass is 9.68. The quantitative estimate of drug-likeness (QED) is 0.266. The summed E-state index contributed by atoms with van der Waals surface area (Å²) in [5, 5.41) is 3.72. The second kappa shape index (κ2) is 10.7. The summed E-state index contributed by atoms with van der Waals surface area (Å²) in [6.45, 7) is 1.84. The highest BCUT2D eigenvalue weighted by Gasteiger charge is 2.69. The van der Waals surface area contributed by atoms with Crippen molar-refractivity contribution in [3.05, 3.63) is 104 Å². The Balaban J connectivity index is 1.05. The van der Waals surface area contributed by atoms with Crippen LogP contribution in [0, 0.1) is 42.3 Å². The van der Waals surface area contributed by atoms with Crippen LogP contribution in [-0.2, 0) is 14.4 Å². The molecule has 4 aliphatic rings. The Morgan fingerprint density at radius 2 is 1.64 bits per heavy atom. The molecule has 2 saturated carbocycles. The van der Waals surface area contributed by atoms with Gasteiger partial charge in [-0.25, -0.2) is 4.39 Å². The fraction of sp³-hybridized carbons (Fsp3) is 0.294. The van der Waals surface area contributed by atoms with Crippen molar-refractivity contribution >= 4 is 52.2 Å². The SMILES string of the molecule is Cc1ccc(NC(=O)COc2ccc([C@@H]3c4sc(=O)[nH]c4S[C@@H]4[C@@H]5C[C@@H]([C@@H]6C(=O)N(c7ccc(F)cc7)C(=O)[C@@H]56)[C@H]34)cc2)cc1. The highest BCUT2D eigenvalue weighted by atomic mass is 32.2. The maximum absolute atomic E-state index is 13.8. The number of imide groups is 1. The number of nitrogens with zero attached hydrogens (tertiary/aromatic N) is 1. The van der Waals surface area contributed by atoms with Gasteiger partial charge in [0.25, 0.3) is 5.91 Å². The molecule has 0 radical (unpaired) electrons. The molecule has 11 heteroatoms. The molecule has 3 amide bonds. The van der Waals surface area contributed by atoms with E-state index in [-0.39, 0.29) is 58.1 Å². The summed E-state index contributed by atoms with van der Waals surface area (Å²) in [4.78, 5) is 57.7. The van der Waals surface area contributed by atoms with E-state index in [1.54, 1.807) is 11.8 Å². The normalized spacial score (nSPS) is 27.7. The van der Waals surface area contributed by atoms with Crippen molar-refractivity contribution in [3.63, 3.8) is 0 Å². The Hall–Kier alpha value is -4.22. The average Bonchev–Trinajstić information content (AvgIpc) is 3.77. The van der Waals surface area contributed by atoms with Gasteiger partial charge in [-0.2, -0.15) is 0 Å². The standard InChI is InChI=1S/C34H28FN3O5S2/c1-16-2-8-19(9-3-16)36-24(39)15-43-21-12-4-17(5-13-21)25-26-22-14-23(29(26)44-31-30(25)45-34(42)37-31)28-27(22)32(40)38(33(28)41)20-10-6-18(35)7-11-20/h2-13,22-23,25-29H,14-15H2,1H3,(H,36,39)(H,37,42)/t22-,23-,25+,26-,27+,28+,29-/m1/s1. The topological polar surface area (TPSA) is 109 Å². The molecule has 8 rings (SSSR count). The molecule has 2 aliphatic heterocycles. The van der Waals surface area contributed by atoms with Crippen LogP contribution in [0.1, 0.15) is 28.3 Å². The van der Waals surface area contributed by atoms with Crippen LogP contribution in [-0.4, -0.2) is 34.6 Å². The number of H-pyrrole nitrogens is 1. The van der Waals surface area contributed by atoms with Gasteiger partial charge in [0.1, 0.15) is 11.6 Å². The van der Waals surface area contributed by atoms with Gasteiger partial charge in [0.05, 0.1) is 22.5 Å². The number of aromatic amines is 1. The molecule has 3 aromatic carbocycles. The summed E-state index contributed by atoms with van der Waals surface area (Å²) in [6, 6.07) is 20.6. The monoisotopic (exact) mass is 641 g/mol. The van der Waals surface area contributed by atoms with Crippen LogP contribution >= 0.6 is 23.1 Å². The maximum atomic E-state index is 13.8. The number of nitrogens with one attached hydrogen (secondary N) is 2. The Labute approximate surface area is 266 Å². The Morgan fingerprint density at radius 3 is 2.36 bits per heavy atom. The van der Waals surface area contributed by atoms with Gasteiger partial charge in [0.15, 0.2) is 6.61 Å². The molecule has 4 aromatic rings. The first-order chi connectivity index (χ1) is 21.8. The smallest absolute Gasteiger partial charge is 0.305 e. The number of anilines is 2. The van der Waals surface area contributed by atoms with Crippen molar-refractivity contribution in [3.8, 4) is 5.75 Å². The average molecular weight is 642 g/mol. The number of thioether (sulfide) groups is 1. The van der Waals surface area contributed by atoms with Crippen molar-refractivity contribution < 1.29 is 23.5 Å². The fourth-order valence-corrected chi connectivity index (χ4v) is 10.9. The molecule has 2 aliphatic carbocycles. The van der Waals surface area contributed by atoms with Gasteiger partial charge in [0, 0.05) is 21.7 Å². The number of ether oxygens (including phenoxy) is 1. The first-order valence-corrected chi connectivity index (χ1v) is 16.6. The largest absolute Gasteiger partial charge is 0.484 e. The van der Waals surface area contributed by atoms with E-state index in [9.17, 15) is 23.6 Å². The van der Waals surface area contributed by atoms with E-state index >= 15 is 0 Å². The second-order valence-electron chi connectivity index (χ2n) is 12.2. The molecular formula is C34H28FN3O5S2. The molecule has 1 aromatic heterocycles. The third-order valence-electron chi connectivity index (χ3n) is 9.75. The number of thiazole rings is 1. The molecule has 7 atom stereocenters. The number of hydrogen-bond donors (Lipinski definition) is 2. The molecule has 0 spiro atoms. The number of amides is 3. The molecule has 228 valence electrons. The summed E-state index contributed by atoms with van der Waals surface area (Å²) in [5.41, 5.74) is 3.20. The van der Waals surface area contributed by atoms with Crippen LogP contribution in [0.2, 0.25) is 0 Å². The Kier molecular flexibility index (Phi) is 6.72. The zero-order valence-corrected chi connectivity index (χ0v) is 25.7. The number of carbonyl (C=O) groups is 3. The molecule has 2 bridgehead atoms. The maximum Gasteiger partial charge on any atom is 0.305 e. The van der Waals surface area contributed by atoms with Gasteiger partial charge < -0.3 is 15.0 Å². The minimum Gasteiger partial charge on any atom is -0.484 e. The number of fused-ring (bicyclic) bond motifs is 9. The van der Waals surface area contributed by atoms with E-state index in [0.29, 0.717) is 17.1 Å². The van der Waals surface area contributed by atoms with Gasteiger partial charge in [-0.1, -0.05) is 41.2 Å². The number of benzene rings is 3. The van der Waals surface area contributed by atoms with Crippen molar-refractivity contribution in [2.24, 2.45) is 29.6 Å². The zero-order chi connectivity index (χ0) is 31.0. The second-order valence-corrected chi connectivity index (χ2v) is 14.4. The van der Waals surface area contributed by atoms with Crippen LogP contribution in [0.25, 0.3) is 0 Å². The van der Waals surface area contributed by atoms with E-state index < -0.39 is 17.7 Å². The number of aryl methyl sites for hydroxylation is 1. The van der Waals surface area contributed by atoms with E-state index in [1.807, 2.05) is 55.5 Å². The van der Waals surface area contributed by atoms with Crippen LogP contribution in [0.3, 0.4) is 0 Å². The first kappa shape index (κ1) is 28.3. The molecule has 45 heavy (non-hydrogen) atoms. The van der Waals surface area contributed by atoms with E-state index in [2.05, 4.69) is 10.3 Å². The zero-order valence-electron chi connectivity index (χ0n) is 24.1. The van der Waals surface area contributed by atoms with E-state index in [1.165, 1.54) is 40.5 Å². The minimum atomic E-state index is -0.441. The van der Waals surface area contributed by atoms with E-state index in [4.69, 9.17) is 4.74 Å². The molecule has 1 saturated heterocycles. The molecule has 8 nitrogen and oxygen atoms in total. The van der Waals surface area contributed by atoms with Crippen molar-refractivity contribution in [2.75, 3.05) is 16.8 Å². The molecule has 2 N–H and O–H groups in total. The number of halogens is 1. The van der Waals surface area contributed by atoms with Crippen molar-refractivity contribution in [1.82, 2.24) is 4.98 Å². The van der Waals surface area contributed by atoms with Crippen molar-refractivity contribution in [1.29, 1.82) is 0 Å². The van der Waals surface area contributed by atoms with Gasteiger partial charge in [-0.15, -0.1) is 11.8 Å². The van der Waals surface area contributed by atoms with Crippen molar-refractivity contribution in [2.45, 2.75) is 29.5 Å². The molecule has 3 heterocycles. The third kappa shape index (κ3) is 4.63. The van der Waals surface area contributed by atoms with E-state index in [0.717, 1.165) is 27.5 Å². The van der Waals surface area contributed by atoms with Gasteiger partial charge in [-0.3, -0.25) is 24.1 Å². The summed E-state index contributed by atoms with van der Waals surface area (Å²) in [7, 11) is 0. The number of aromatic nitrogens is 1. The predicted octanol–water partition coefficient (Wildman–Crippen LogP) is 5.58. The van der Waals surface area contributed by atoms with Gasteiger partial charge >= 0.3 is 4.87 Å². The highest BCUT2D eigenvalue weighted by molar-refractivity contribution is 8.00. The Morgan fingerprint density at radius 1 is 0.956 bits per heavy atom. The summed E-state index contributed by atoms with van der Waals surface area (Å²) in [6.07, 6.45) is 0.777. The molecular weight excluding hydrogens is 614 g/mol. The number of rotatable bonds is 6. The lowest BCUT2D eigenvalue weighted by Crippen LogP contribution is -2.42. The first-order valence-electron chi connectivity index (χ1n) is 14.9.